The molecule has 0 saturated carbocycles. The molecule has 4 rings (SSSR count). The van der Waals surface area contributed by atoms with Crippen LogP contribution in [0.3, 0.4) is 0 Å². The van der Waals surface area contributed by atoms with E-state index < -0.39 is 10.0 Å². The minimum Gasteiger partial charge on any atom is -0.343 e. The fourth-order valence-corrected chi connectivity index (χ4v) is 6.44. The monoisotopic (exact) mass is 391 g/mol. The first-order valence-corrected chi connectivity index (χ1v) is 11.7. The molecular weight excluding hydrogens is 362 g/mol. The predicted molar refractivity (Wildman–Crippen MR) is 105 cm³/mol. The van der Waals surface area contributed by atoms with Crippen LogP contribution >= 0.6 is 0 Å². The topological polar surface area (TPSA) is 60.9 Å². The van der Waals surface area contributed by atoms with E-state index in [1.54, 1.807) is 11.2 Å². The van der Waals surface area contributed by atoms with Gasteiger partial charge >= 0.3 is 0 Å². The van der Waals surface area contributed by atoms with Gasteiger partial charge in [-0.05, 0) is 30.2 Å². The summed E-state index contributed by atoms with van der Waals surface area (Å²) >= 11 is 0. The maximum atomic E-state index is 12.4. The lowest BCUT2D eigenvalue weighted by Gasteiger charge is -2.37. The van der Waals surface area contributed by atoms with Gasteiger partial charge in [-0.2, -0.15) is 4.31 Å². The maximum absolute atomic E-state index is 12.4. The maximum Gasteiger partial charge on any atom is 0.219 e. The summed E-state index contributed by atoms with van der Waals surface area (Å²) in [5, 5.41) is 0. The van der Waals surface area contributed by atoms with E-state index in [9.17, 15) is 13.2 Å². The first-order valence-electron chi connectivity index (χ1n) is 9.86. The van der Waals surface area contributed by atoms with Crippen molar-refractivity contribution in [2.45, 2.75) is 31.8 Å². The number of carbonyl (C=O) groups excluding carboxylic acids is 1. The largest absolute Gasteiger partial charge is 0.343 e. The van der Waals surface area contributed by atoms with Gasteiger partial charge in [-0.3, -0.25) is 9.69 Å². The third-order valence-corrected chi connectivity index (χ3v) is 7.87. The van der Waals surface area contributed by atoms with Crippen molar-refractivity contribution in [2.75, 3.05) is 39.0 Å². The molecule has 148 valence electrons. The summed E-state index contributed by atoms with van der Waals surface area (Å²) < 4.78 is 26.5. The Morgan fingerprint density at radius 2 is 1.70 bits per heavy atom. The van der Waals surface area contributed by atoms with Gasteiger partial charge in [0.15, 0.2) is 0 Å². The van der Waals surface area contributed by atoms with Crippen LogP contribution in [-0.2, 0) is 14.8 Å². The van der Waals surface area contributed by atoms with E-state index in [2.05, 4.69) is 17.0 Å². The zero-order chi connectivity index (χ0) is 19.2. The van der Waals surface area contributed by atoms with Crippen LogP contribution in [0.25, 0.3) is 0 Å². The number of fused-ring (bicyclic) bond motifs is 1. The molecule has 7 heteroatoms. The second-order valence-electron chi connectivity index (χ2n) is 8.30. The summed E-state index contributed by atoms with van der Waals surface area (Å²) in [5.41, 5.74) is 1.10. The molecule has 1 aromatic carbocycles. The molecule has 1 aromatic rings. The highest BCUT2D eigenvalue weighted by molar-refractivity contribution is 7.88. The molecule has 6 nitrogen and oxygen atoms in total. The molecule has 3 atom stereocenters. The highest BCUT2D eigenvalue weighted by Crippen LogP contribution is 2.46. The van der Waals surface area contributed by atoms with Crippen LogP contribution in [0.1, 0.15) is 31.4 Å². The molecule has 0 bridgehead atoms. The van der Waals surface area contributed by atoms with Crippen LogP contribution in [0.5, 0.6) is 0 Å². The van der Waals surface area contributed by atoms with Crippen LogP contribution < -0.4 is 0 Å². The number of hydrogen-bond acceptors (Lipinski definition) is 4. The van der Waals surface area contributed by atoms with E-state index in [1.807, 2.05) is 23.1 Å². The van der Waals surface area contributed by atoms with Crippen molar-refractivity contribution in [3.8, 4) is 0 Å². The minimum absolute atomic E-state index is 0.0616. The third kappa shape index (κ3) is 3.65. The molecular formula is C20H29N3O3S. The second-order valence-corrected chi connectivity index (χ2v) is 10.2. The van der Waals surface area contributed by atoms with Gasteiger partial charge in [0, 0.05) is 45.7 Å². The fourth-order valence-electron chi connectivity index (χ4n) is 5.29. The van der Waals surface area contributed by atoms with E-state index in [0.717, 1.165) is 44.6 Å². The number of piperidine rings is 1. The highest BCUT2D eigenvalue weighted by Gasteiger charge is 2.51. The summed E-state index contributed by atoms with van der Waals surface area (Å²) in [7, 11) is -3.23. The Labute approximate surface area is 162 Å². The van der Waals surface area contributed by atoms with Crippen LogP contribution in [0.2, 0.25) is 0 Å². The van der Waals surface area contributed by atoms with E-state index >= 15 is 0 Å². The Hall–Kier alpha value is -1.44. The SMILES string of the molecule is CC(=O)N1CCC(N2C[C@@H]3CN(S(C)(=O)=O)[C@@H](c4ccccc4)[C@@H]3C2)CC1. The van der Waals surface area contributed by atoms with Crippen molar-refractivity contribution < 1.29 is 13.2 Å². The van der Waals surface area contributed by atoms with Gasteiger partial charge in [-0.1, -0.05) is 30.3 Å². The summed E-state index contributed by atoms with van der Waals surface area (Å²) in [4.78, 5) is 16.1. The first kappa shape index (κ1) is 18.9. The smallest absolute Gasteiger partial charge is 0.219 e. The van der Waals surface area contributed by atoms with Gasteiger partial charge in [-0.15, -0.1) is 0 Å². The number of hydrogen-bond donors (Lipinski definition) is 0. The van der Waals surface area contributed by atoms with Crippen LogP contribution in [0, 0.1) is 11.8 Å². The molecule has 0 N–H and O–H groups in total. The molecule has 27 heavy (non-hydrogen) atoms. The second kappa shape index (κ2) is 7.18. The molecule has 3 aliphatic rings. The van der Waals surface area contributed by atoms with Crippen molar-refractivity contribution in [3.05, 3.63) is 35.9 Å². The zero-order valence-corrected chi connectivity index (χ0v) is 16.9. The fraction of sp³-hybridized carbons (Fsp3) is 0.650. The van der Waals surface area contributed by atoms with Crippen molar-refractivity contribution in [1.29, 1.82) is 0 Å². The van der Waals surface area contributed by atoms with E-state index in [-0.39, 0.29) is 11.9 Å². The molecule has 3 fully saturated rings. The zero-order valence-electron chi connectivity index (χ0n) is 16.1. The number of benzene rings is 1. The van der Waals surface area contributed by atoms with Gasteiger partial charge < -0.3 is 4.90 Å². The molecule has 0 radical (unpaired) electrons. The van der Waals surface area contributed by atoms with Gasteiger partial charge in [0.05, 0.1) is 12.3 Å². The average Bonchev–Trinajstić information content (AvgIpc) is 3.20. The van der Waals surface area contributed by atoms with Gasteiger partial charge in [-0.25, -0.2) is 8.42 Å². The highest BCUT2D eigenvalue weighted by atomic mass is 32.2. The minimum atomic E-state index is -3.23. The average molecular weight is 392 g/mol. The number of carbonyl (C=O) groups is 1. The van der Waals surface area contributed by atoms with Gasteiger partial charge in [0.25, 0.3) is 0 Å². The molecule has 0 aliphatic carbocycles. The van der Waals surface area contributed by atoms with Crippen molar-refractivity contribution in [1.82, 2.24) is 14.1 Å². The molecule has 3 aliphatic heterocycles. The predicted octanol–water partition coefficient (Wildman–Crippen LogP) is 1.56. The number of nitrogens with zero attached hydrogens (tertiary/aromatic N) is 3. The van der Waals surface area contributed by atoms with Crippen LogP contribution in [0.15, 0.2) is 30.3 Å². The van der Waals surface area contributed by atoms with Gasteiger partial charge in [0.1, 0.15) is 0 Å². The number of likely N-dealkylation sites (tertiary alicyclic amines) is 2. The number of amides is 1. The lowest BCUT2D eigenvalue weighted by molar-refractivity contribution is -0.130. The Bertz CT molecular complexity index is 790. The molecule has 1 amide bonds. The number of sulfonamides is 1. The quantitative estimate of drug-likeness (QED) is 0.785. The molecule has 3 heterocycles. The van der Waals surface area contributed by atoms with Crippen molar-refractivity contribution >= 4 is 15.9 Å². The summed E-state index contributed by atoms with van der Waals surface area (Å²) in [5.74, 6) is 0.892. The Kier molecular flexibility index (Phi) is 5.03. The molecule has 0 spiro atoms. The van der Waals surface area contributed by atoms with Crippen LogP contribution in [-0.4, -0.2) is 73.5 Å². The summed E-state index contributed by atoms with van der Waals surface area (Å²) in [6, 6.07) is 10.5. The summed E-state index contributed by atoms with van der Waals surface area (Å²) in [6.07, 6.45) is 3.37. The lowest BCUT2D eigenvalue weighted by atomic mass is 9.90. The van der Waals surface area contributed by atoms with Crippen molar-refractivity contribution in [3.63, 3.8) is 0 Å². The Morgan fingerprint density at radius 1 is 1.04 bits per heavy atom. The lowest BCUT2D eigenvalue weighted by Crippen LogP contribution is -2.46. The number of rotatable bonds is 3. The van der Waals surface area contributed by atoms with Crippen molar-refractivity contribution in [2.24, 2.45) is 11.8 Å². The molecule has 3 saturated heterocycles. The van der Waals surface area contributed by atoms with E-state index in [0.29, 0.717) is 24.4 Å². The third-order valence-electron chi connectivity index (χ3n) is 6.64. The van der Waals surface area contributed by atoms with Gasteiger partial charge in [0.2, 0.25) is 15.9 Å². The summed E-state index contributed by atoms with van der Waals surface area (Å²) in [6.45, 7) is 5.84. The Morgan fingerprint density at radius 3 is 2.30 bits per heavy atom. The normalized spacial score (nSPS) is 30.6. The Balaban J connectivity index is 1.51. The standard InChI is InChI=1S/C20H29N3O3S/c1-15(24)21-10-8-18(9-11-21)22-12-17-13-23(27(2,25)26)20(19(17)14-22)16-6-4-3-5-7-16/h3-7,17-20H,8-14H2,1-2H3/t17-,19-,20+/m1/s1. The van der Waals surface area contributed by atoms with Crippen LogP contribution in [0.4, 0.5) is 0 Å². The molecule has 0 unspecified atom stereocenters. The molecule has 0 aromatic heterocycles. The van der Waals surface area contributed by atoms with E-state index in [4.69, 9.17) is 0 Å². The first-order chi connectivity index (χ1) is 12.8. The van der Waals surface area contributed by atoms with E-state index in [1.165, 1.54) is 6.26 Å².